The zero-order valence-electron chi connectivity index (χ0n) is 16.3. The third-order valence-corrected chi connectivity index (χ3v) is 5.30. The summed E-state index contributed by atoms with van der Waals surface area (Å²) in [5.41, 5.74) is 7.98. The number of ether oxygens (including phenoxy) is 2. The van der Waals surface area contributed by atoms with Gasteiger partial charge < -0.3 is 14.0 Å². The number of carbonyl (C=O) groups is 1. The molecule has 1 N–H and O–H groups in total. The van der Waals surface area contributed by atoms with Crippen LogP contribution in [0.2, 0.25) is 5.02 Å². The Morgan fingerprint density at radius 1 is 1.10 bits per heavy atom. The minimum Gasteiger partial charge on any atom is -0.454 e. The first-order valence-electron chi connectivity index (χ1n) is 9.12. The summed E-state index contributed by atoms with van der Waals surface area (Å²) >= 11 is 6.28. The van der Waals surface area contributed by atoms with Crippen molar-refractivity contribution in [1.82, 2.24) is 9.99 Å². The highest BCUT2D eigenvalue weighted by Gasteiger charge is 2.16. The summed E-state index contributed by atoms with van der Waals surface area (Å²) in [7, 11) is 0. The molecular weight excluding hydrogens is 390 g/mol. The first-order valence-corrected chi connectivity index (χ1v) is 9.50. The van der Waals surface area contributed by atoms with Crippen LogP contribution in [-0.2, 0) is 0 Å². The molecule has 7 heteroatoms. The SMILES string of the molecule is Cc1ccc(-n2c(C)cc(/C=N\NC(=O)c3ccc4c(c3)OCO4)c2C)cc1Cl. The number of fused-ring (bicyclic) bond motifs is 1. The van der Waals surface area contributed by atoms with E-state index in [-0.39, 0.29) is 12.7 Å². The van der Waals surface area contributed by atoms with Crippen molar-refractivity contribution in [3.63, 3.8) is 0 Å². The third kappa shape index (κ3) is 3.71. The highest BCUT2D eigenvalue weighted by atomic mass is 35.5. The van der Waals surface area contributed by atoms with Gasteiger partial charge in [0.05, 0.1) is 6.21 Å². The second-order valence-corrected chi connectivity index (χ2v) is 7.27. The molecule has 0 radical (unpaired) electrons. The van der Waals surface area contributed by atoms with Crippen LogP contribution in [0.3, 0.4) is 0 Å². The molecule has 0 atom stereocenters. The van der Waals surface area contributed by atoms with Crippen LogP contribution >= 0.6 is 11.6 Å². The summed E-state index contributed by atoms with van der Waals surface area (Å²) in [4.78, 5) is 12.3. The Labute approximate surface area is 173 Å². The zero-order chi connectivity index (χ0) is 20.5. The van der Waals surface area contributed by atoms with Gasteiger partial charge in [0.1, 0.15) is 0 Å². The number of hydrazone groups is 1. The fourth-order valence-corrected chi connectivity index (χ4v) is 3.47. The van der Waals surface area contributed by atoms with Crippen molar-refractivity contribution in [3.05, 3.63) is 75.6 Å². The molecule has 2 heterocycles. The van der Waals surface area contributed by atoms with E-state index >= 15 is 0 Å². The van der Waals surface area contributed by atoms with Crippen LogP contribution in [0, 0.1) is 20.8 Å². The van der Waals surface area contributed by atoms with Crippen molar-refractivity contribution in [2.24, 2.45) is 5.10 Å². The van der Waals surface area contributed by atoms with Crippen molar-refractivity contribution in [1.29, 1.82) is 0 Å². The molecule has 0 spiro atoms. The summed E-state index contributed by atoms with van der Waals surface area (Å²) < 4.78 is 12.7. The molecule has 1 aliphatic heterocycles. The maximum Gasteiger partial charge on any atom is 0.271 e. The standard InChI is InChI=1S/C22H20ClN3O3/c1-13-4-6-18(10-19(13)23)26-14(2)8-17(15(26)3)11-24-25-22(27)16-5-7-20-21(9-16)29-12-28-20/h4-11H,12H2,1-3H3,(H,25,27)/b24-11-. The molecule has 4 rings (SSSR count). The Balaban J connectivity index is 1.51. The van der Waals surface area contributed by atoms with E-state index in [1.54, 1.807) is 24.4 Å². The third-order valence-electron chi connectivity index (χ3n) is 4.89. The van der Waals surface area contributed by atoms with Crippen LogP contribution in [0.25, 0.3) is 5.69 Å². The normalized spacial score (nSPS) is 12.6. The minimum absolute atomic E-state index is 0.167. The van der Waals surface area contributed by atoms with E-state index in [4.69, 9.17) is 21.1 Å². The van der Waals surface area contributed by atoms with Gasteiger partial charge in [0.2, 0.25) is 6.79 Å². The van der Waals surface area contributed by atoms with Crippen molar-refractivity contribution >= 4 is 23.7 Å². The molecule has 29 heavy (non-hydrogen) atoms. The van der Waals surface area contributed by atoms with Gasteiger partial charge in [0.15, 0.2) is 11.5 Å². The molecule has 148 valence electrons. The van der Waals surface area contributed by atoms with Crippen LogP contribution < -0.4 is 14.9 Å². The Hall–Kier alpha value is -3.25. The fraction of sp³-hybridized carbons (Fsp3) is 0.182. The lowest BCUT2D eigenvalue weighted by Crippen LogP contribution is -2.17. The number of hydrogen-bond acceptors (Lipinski definition) is 4. The number of nitrogens with zero attached hydrogens (tertiary/aromatic N) is 2. The molecule has 0 saturated heterocycles. The molecule has 3 aromatic rings. The first-order chi connectivity index (χ1) is 13.9. The molecule has 0 saturated carbocycles. The van der Waals surface area contributed by atoms with Gasteiger partial charge in [0.25, 0.3) is 5.91 Å². The summed E-state index contributed by atoms with van der Waals surface area (Å²) in [6.07, 6.45) is 1.64. The van der Waals surface area contributed by atoms with E-state index in [2.05, 4.69) is 15.1 Å². The molecule has 0 aliphatic carbocycles. The fourth-order valence-electron chi connectivity index (χ4n) is 3.30. The van der Waals surface area contributed by atoms with E-state index in [9.17, 15) is 4.79 Å². The van der Waals surface area contributed by atoms with Gasteiger partial charge in [-0.15, -0.1) is 0 Å². The number of amides is 1. The van der Waals surface area contributed by atoms with Crippen LogP contribution in [0.4, 0.5) is 0 Å². The second kappa shape index (κ2) is 7.64. The van der Waals surface area contributed by atoms with E-state index in [0.717, 1.165) is 33.2 Å². The Morgan fingerprint density at radius 3 is 2.69 bits per heavy atom. The predicted molar refractivity (Wildman–Crippen MR) is 113 cm³/mol. The molecule has 1 amide bonds. The van der Waals surface area contributed by atoms with Crippen molar-refractivity contribution in [3.8, 4) is 17.2 Å². The van der Waals surface area contributed by atoms with Gasteiger partial charge >= 0.3 is 0 Å². The molecule has 6 nitrogen and oxygen atoms in total. The Kier molecular flexibility index (Phi) is 5.03. The first kappa shape index (κ1) is 19.1. The van der Waals surface area contributed by atoms with E-state index in [1.165, 1.54) is 0 Å². The number of hydrogen-bond donors (Lipinski definition) is 1. The molecule has 1 aliphatic rings. The average Bonchev–Trinajstić information content (AvgIpc) is 3.27. The zero-order valence-corrected chi connectivity index (χ0v) is 17.1. The average molecular weight is 410 g/mol. The number of aryl methyl sites for hydroxylation is 2. The van der Waals surface area contributed by atoms with Gasteiger partial charge in [-0.2, -0.15) is 5.10 Å². The smallest absolute Gasteiger partial charge is 0.271 e. The Morgan fingerprint density at radius 2 is 1.90 bits per heavy atom. The van der Waals surface area contributed by atoms with E-state index < -0.39 is 0 Å². The monoisotopic (exact) mass is 409 g/mol. The molecule has 0 unspecified atom stereocenters. The number of rotatable bonds is 4. The summed E-state index contributed by atoms with van der Waals surface area (Å²) in [6, 6.07) is 13.0. The highest BCUT2D eigenvalue weighted by Crippen LogP contribution is 2.32. The van der Waals surface area contributed by atoms with E-state index in [0.29, 0.717) is 17.1 Å². The van der Waals surface area contributed by atoms with Crippen LogP contribution in [-0.4, -0.2) is 23.5 Å². The lowest BCUT2D eigenvalue weighted by Gasteiger charge is -2.11. The van der Waals surface area contributed by atoms with Crippen molar-refractivity contribution in [2.45, 2.75) is 20.8 Å². The molecular formula is C22H20ClN3O3. The lowest BCUT2D eigenvalue weighted by atomic mass is 10.2. The largest absolute Gasteiger partial charge is 0.454 e. The number of halogens is 1. The minimum atomic E-state index is -0.321. The summed E-state index contributed by atoms with van der Waals surface area (Å²) in [5, 5.41) is 4.84. The number of aromatic nitrogens is 1. The second-order valence-electron chi connectivity index (χ2n) is 6.86. The van der Waals surface area contributed by atoms with Gasteiger partial charge in [-0.1, -0.05) is 17.7 Å². The van der Waals surface area contributed by atoms with Gasteiger partial charge in [-0.3, -0.25) is 4.79 Å². The maximum absolute atomic E-state index is 12.3. The highest BCUT2D eigenvalue weighted by molar-refractivity contribution is 6.31. The van der Waals surface area contributed by atoms with Crippen molar-refractivity contribution in [2.75, 3.05) is 6.79 Å². The van der Waals surface area contributed by atoms with Gasteiger partial charge in [-0.25, -0.2) is 5.43 Å². The lowest BCUT2D eigenvalue weighted by molar-refractivity contribution is 0.0954. The summed E-state index contributed by atoms with van der Waals surface area (Å²) in [5.74, 6) is 0.870. The summed E-state index contributed by atoms with van der Waals surface area (Å²) in [6.45, 7) is 6.16. The number of nitrogens with one attached hydrogen (secondary N) is 1. The maximum atomic E-state index is 12.3. The number of carbonyl (C=O) groups excluding carboxylic acids is 1. The van der Waals surface area contributed by atoms with Gasteiger partial charge in [0, 0.05) is 33.2 Å². The van der Waals surface area contributed by atoms with Crippen molar-refractivity contribution < 1.29 is 14.3 Å². The van der Waals surface area contributed by atoms with E-state index in [1.807, 2.05) is 45.0 Å². The van der Waals surface area contributed by atoms with Crippen LogP contribution in [0.15, 0.2) is 47.6 Å². The van der Waals surface area contributed by atoms with Crippen LogP contribution in [0.1, 0.15) is 32.9 Å². The molecule has 2 aromatic carbocycles. The van der Waals surface area contributed by atoms with Crippen LogP contribution in [0.5, 0.6) is 11.5 Å². The topological polar surface area (TPSA) is 64.9 Å². The molecule has 0 fully saturated rings. The number of benzene rings is 2. The molecule has 0 bridgehead atoms. The predicted octanol–water partition coefficient (Wildman–Crippen LogP) is 4.55. The quantitative estimate of drug-likeness (QED) is 0.508. The van der Waals surface area contributed by atoms with Gasteiger partial charge in [-0.05, 0) is 62.7 Å². The molecule has 1 aromatic heterocycles. The Bertz CT molecular complexity index is 1130.